The Morgan fingerprint density at radius 3 is 2.71 bits per heavy atom. The Labute approximate surface area is 103 Å². The summed E-state index contributed by atoms with van der Waals surface area (Å²) in [6.45, 7) is 6.45. The van der Waals surface area contributed by atoms with Crippen molar-refractivity contribution in [2.75, 3.05) is 33.2 Å². The number of likely N-dealkylation sites (N-methyl/N-ethyl adjacent to an activating group) is 2. The van der Waals surface area contributed by atoms with Gasteiger partial charge in [-0.15, -0.1) is 0 Å². The highest BCUT2D eigenvalue weighted by atomic mass is 16.2. The molecule has 98 valence electrons. The third-order valence-electron chi connectivity index (χ3n) is 3.05. The number of carbonyl (C=O) groups excluding carboxylic acids is 2. The highest BCUT2D eigenvalue weighted by Crippen LogP contribution is 2.17. The molecule has 1 saturated heterocycles. The van der Waals surface area contributed by atoms with Crippen LogP contribution in [0.3, 0.4) is 0 Å². The lowest BCUT2D eigenvalue weighted by molar-refractivity contribution is -0.138. The Kier molecular flexibility index (Phi) is 5.41. The predicted octanol–water partition coefficient (Wildman–Crippen LogP) is -0.173. The molecule has 0 radical (unpaired) electrons. The van der Waals surface area contributed by atoms with Gasteiger partial charge in [0.2, 0.25) is 11.8 Å². The van der Waals surface area contributed by atoms with Crippen molar-refractivity contribution in [2.24, 2.45) is 11.8 Å². The Hall–Kier alpha value is -1.10. The minimum atomic E-state index is -0.0971. The molecule has 17 heavy (non-hydrogen) atoms. The summed E-state index contributed by atoms with van der Waals surface area (Å²) in [6, 6.07) is 0. The van der Waals surface area contributed by atoms with Crippen LogP contribution in [0.5, 0.6) is 0 Å². The molecule has 0 saturated carbocycles. The van der Waals surface area contributed by atoms with E-state index in [-0.39, 0.29) is 24.3 Å². The zero-order chi connectivity index (χ0) is 12.8. The molecule has 1 aliphatic heterocycles. The van der Waals surface area contributed by atoms with E-state index in [2.05, 4.69) is 17.6 Å². The van der Waals surface area contributed by atoms with Gasteiger partial charge in [0.15, 0.2) is 0 Å². The van der Waals surface area contributed by atoms with Gasteiger partial charge >= 0.3 is 0 Å². The van der Waals surface area contributed by atoms with Gasteiger partial charge in [0.05, 0.1) is 12.5 Å². The lowest BCUT2D eigenvalue weighted by Gasteiger charge is -2.29. The molecule has 0 bridgehead atoms. The number of hydrogen-bond donors (Lipinski definition) is 2. The Balaban J connectivity index is 2.42. The van der Waals surface area contributed by atoms with Crippen LogP contribution in [-0.4, -0.2) is 49.9 Å². The van der Waals surface area contributed by atoms with Crippen LogP contribution >= 0.6 is 0 Å². The molecule has 0 aromatic rings. The van der Waals surface area contributed by atoms with E-state index in [0.717, 1.165) is 19.5 Å². The van der Waals surface area contributed by atoms with Gasteiger partial charge in [-0.25, -0.2) is 0 Å². The number of carbonyl (C=O) groups is 2. The lowest BCUT2D eigenvalue weighted by Crippen LogP contribution is -2.46. The Morgan fingerprint density at radius 1 is 1.41 bits per heavy atom. The largest absolute Gasteiger partial charge is 0.355 e. The van der Waals surface area contributed by atoms with Crippen molar-refractivity contribution >= 4 is 11.8 Å². The highest BCUT2D eigenvalue weighted by molar-refractivity contribution is 5.85. The fourth-order valence-corrected chi connectivity index (χ4v) is 2.20. The molecule has 2 amide bonds. The van der Waals surface area contributed by atoms with Gasteiger partial charge in [-0.1, -0.05) is 6.92 Å². The van der Waals surface area contributed by atoms with E-state index in [9.17, 15) is 9.59 Å². The van der Waals surface area contributed by atoms with Crippen molar-refractivity contribution in [1.29, 1.82) is 0 Å². The molecule has 5 nitrogen and oxygen atoms in total. The lowest BCUT2D eigenvalue weighted by atomic mass is 9.91. The van der Waals surface area contributed by atoms with Crippen molar-refractivity contribution in [3.8, 4) is 0 Å². The molecule has 1 aliphatic rings. The van der Waals surface area contributed by atoms with Crippen LogP contribution in [0, 0.1) is 11.8 Å². The normalized spacial score (nSPS) is 24.2. The molecule has 1 fully saturated rings. The molecule has 0 spiro atoms. The summed E-state index contributed by atoms with van der Waals surface area (Å²) < 4.78 is 0. The standard InChI is InChI=1S/C12H23N3O2/c1-4-14-11(16)8-15(3)12(17)10-5-9(2)6-13-7-10/h9-10,13H,4-8H2,1-3H3,(H,14,16). The average Bonchev–Trinajstić information content (AvgIpc) is 2.28. The summed E-state index contributed by atoms with van der Waals surface area (Å²) in [5.74, 6) is 0.504. The van der Waals surface area contributed by atoms with E-state index in [1.807, 2.05) is 6.92 Å². The van der Waals surface area contributed by atoms with Crippen molar-refractivity contribution in [1.82, 2.24) is 15.5 Å². The van der Waals surface area contributed by atoms with E-state index in [1.54, 1.807) is 7.05 Å². The predicted molar refractivity (Wildman–Crippen MR) is 66.5 cm³/mol. The topological polar surface area (TPSA) is 61.4 Å². The van der Waals surface area contributed by atoms with Crippen LogP contribution in [-0.2, 0) is 9.59 Å². The maximum atomic E-state index is 12.1. The highest BCUT2D eigenvalue weighted by Gasteiger charge is 2.27. The molecule has 0 aromatic heterocycles. The van der Waals surface area contributed by atoms with E-state index in [4.69, 9.17) is 0 Å². The second kappa shape index (κ2) is 6.59. The third-order valence-corrected chi connectivity index (χ3v) is 3.05. The van der Waals surface area contributed by atoms with Gasteiger partial charge in [-0.2, -0.15) is 0 Å². The second-order valence-electron chi connectivity index (χ2n) is 4.84. The van der Waals surface area contributed by atoms with Crippen molar-refractivity contribution in [3.63, 3.8) is 0 Å². The summed E-state index contributed by atoms with van der Waals surface area (Å²) in [5, 5.41) is 5.95. The average molecular weight is 241 g/mol. The van der Waals surface area contributed by atoms with Crippen molar-refractivity contribution < 1.29 is 9.59 Å². The van der Waals surface area contributed by atoms with E-state index in [0.29, 0.717) is 12.5 Å². The van der Waals surface area contributed by atoms with Gasteiger partial charge < -0.3 is 15.5 Å². The van der Waals surface area contributed by atoms with Gasteiger partial charge in [0.25, 0.3) is 0 Å². The van der Waals surface area contributed by atoms with Crippen molar-refractivity contribution in [3.05, 3.63) is 0 Å². The van der Waals surface area contributed by atoms with Gasteiger partial charge in [-0.3, -0.25) is 9.59 Å². The summed E-state index contributed by atoms with van der Waals surface area (Å²) in [4.78, 5) is 25.0. The zero-order valence-electron chi connectivity index (χ0n) is 11.0. The quantitative estimate of drug-likeness (QED) is 0.718. The minimum Gasteiger partial charge on any atom is -0.355 e. The molecule has 0 aromatic carbocycles. The minimum absolute atomic E-state index is 0.0122. The fourth-order valence-electron chi connectivity index (χ4n) is 2.20. The molecule has 5 heteroatoms. The van der Waals surface area contributed by atoms with E-state index in [1.165, 1.54) is 4.90 Å². The summed E-state index contributed by atoms with van der Waals surface area (Å²) in [6.07, 6.45) is 0.908. The molecule has 2 N–H and O–H groups in total. The van der Waals surface area contributed by atoms with E-state index < -0.39 is 0 Å². The first-order chi connectivity index (χ1) is 8.04. The van der Waals surface area contributed by atoms with Crippen LogP contribution < -0.4 is 10.6 Å². The number of nitrogens with one attached hydrogen (secondary N) is 2. The smallest absolute Gasteiger partial charge is 0.239 e. The Bertz CT molecular complexity index is 281. The summed E-state index contributed by atoms with van der Waals surface area (Å²) in [7, 11) is 1.69. The van der Waals surface area contributed by atoms with Gasteiger partial charge in [0.1, 0.15) is 0 Å². The number of nitrogens with zero attached hydrogens (tertiary/aromatic N) is 1. The monoisotopic (exact) mass is 241 g/mol. The fraction of sp³-hybridized carbons (Fsp3) is 0.833. The molecule has 2 atom stereocenters. The van der Waals surface area contributed by atoms with Crippen molar-refractivity contribution in [2.45, 2.75) is 20.3 Å². The molecule has 0 aliphatic carbocycles. The molecule has 2 unspecified atom stereocenters. The first kappa shape index (κ1) is 14.0. The van der Waals surface area contributed by atoms with E-state index >= 15 is 0 Å². The maximum absolute atomic E-state index is 12.1. The van der Waals surface area contributed by atoms with Crippen LogP contribution in [0.2, 0.25) is 0 Å². The van der Waals surface area contributed by atoms with Gasteiger partial charge in [0, 0.05) is 20.1 Å². The number of hydrogen-bond acceptors (Lipinski definition) is 3. The second-order valence-corrected chi connectivity index (χ2v) is 4.84. The number of piperidine rings is 1. The summed E-state index contributed by atoms with van der Waals surface area (Å²) >= 11 is 0. The first-order valence-electron chi connectivity index (χ1n) is 6.27. The van der Waals surface area contributed by atoms with Gasteiger partial charge in [-0.05, 0) is 25.8 Å². The van der Waals surface area contributed by atoms with Crippen LogP contribution in [0.1, 0.15) is 20.3 Å². The first-order valence-corrected chi connectivity index (χ1v) is 6.27. The number of amides is 2. The van der Waals surface area contributed by atoms with Crippen LogP contribution in [0.25, 0.3) is 0 Å². The zero-order valence-corrected chi connectivity index (χ0v) is 11.0. The third kappa shape index (κ3) is 4.34. The SMILES string of the molecule is CCNC(=O)CN(C)C(=O)C1CNCC(C)C1. The maximum Gasteiger partial charge on any atom is 0.239 e. The molecule has 1 rings (SSSR count). The molecular formula is C12H23N3O2. The molecular weight excluding hydrogens is 218 g/mol. The molecule has 1 heterocycles. The van der Waals surface area contributed by atoms with Crippen LogP contribution in [0.4, 0.5) is 0 Å². The van der Waals surface area contributed by atoms with Crippen LogP contribution in [0.15, 0.2) is 0 Å². The summed E-state index contributed by atoms with van der Waals surface area (Å²) in [5.41, 5.74) is 0. The Morgan fingerprint density at radius 2 is 2.12 bits per heavy atom. The number of rotatable bonds is 4.